The van der Waals surface area contributed by atoms with Crippen molar-refractivity contribution in [3.8, 4) is 0 Å². The van der Waals surface area contributed by atoms with Crippen molar-refractivity contribution in [2.24, 2.45) is 57.7 Å². The first kappa shape index (κ1) is 102. The van der Waals surface area contributed by atoms with Crippen molar-refractivity contribution in [1.82, 2.24) is 0 Å². The van der Waals surface area contributed by atoms with Crippen LogP contribution in [0, 0.1) is 57.7 Å². The molecule has 0 aliphatic heterocycles. The standard InChI is InChI=1S/2C7H16.4C6H14.4C5H12.2C4H10.C3H8/c1-6(2)7(3,4)5;1-3-5-7-6-4-2;1-5-6(2,3)4;1-5(2)6(3)4;1-4-5-6(2)3;1-3-5-6-4-2;1-5(2,3)4;2*1-4-5(2)3;1-3-5-4-2;1-4(2)3;1-3-4-2;1-3-2/h6H,1-5H3;3-7H2,1-2H3;5H2,1-4H3;5-6H,1-4H3;6H,4-5H2,1-3H3;3-6H2,1-2H3;1-4H3;2*5H,4H2,1-3H3;3-5H2,1-2H3;4H,1-3H3;3-4H2,1-2H3;3H2,1-2H3. The molecule has 0 saturated carbocycles. The molecule has 0 aromatic carbocycles. The zero-order valence-corrected chi connectivity index (χ0v) is 58.7. The summed E-state index contributed by atoms with van der Waals surface area (Å²) in [6, 6.07) is 0. The molecule has 0 aliphatic rings. The predicted molar refractivity (Wildman–Crippen MR) is 345 cm³/mol. The molecule has 0 aromatic heterocycles. The van der Waals surface area contributed by atoms with Crippen LogP contribution in [0.15, 0.2) is 0 Å². The lowest BCUT2D eigenvalue weighted by atomic mass is 9.84. The quantitative estimate of drug-likeness (QED) is 0.143. The molecule has 0 spiro atoms. The van der Waals surface area contributed by atoms with Crippen LogP contribution in [-0.4, -0.2) is 0 Å². The van der Waals surface area contributed by atoms with E-state index in [2.05, 4.69) is 270 Å². The summed E-state index contributed by atoms with van der Waals surface area (Å²) in [5, 5.41) is 0. The van der Waals surface area contributed by atoms with Crippen molar-refractivity contribution < 1.29 is 0 Å². The number of unbranched alkanes of at least 4 members (excludes halogenated alkanes) is 10. The lowest BCUT2D eigenvalue weighted by molar-refractivity contribution is 0.283. The van der Waals surface area contributed by atoms with Gasteiger partial charge in [-0.3, -0.25) is 0 Å². The maximum Gasteiger partial charge on any atom is -0.0360 e. The third kappa shape index (κ3) is 329. The second kappa shape index (κ2) is 87.7. The highest BCUT2D eigenvalue weighted by molar-refractivity contribution is 4.64. The van der Waals surface area contributed by atoms with E-state index in [1.165, 1.54) is 128 Å². The van der Waals surface area contributed by atoms with E-state index in [-0.39, 0.29) is 0 Å². The molecule has 0 heteroatoms. The fourth-order valence-corrected chi connectivity index (χ4v) is 2.11. The highest BCUT2D eigenvalue weighted by Gasteiger charge is 2.13. The number of hydrogen-bond acceptors (Lipinski definition) is 0. The molecule has 0 fully saturated rings. The van der Waals surface area contributed by atoms with Crippen molar-refractivity contribution in [2.75, 3.05) is 0 Å². The third-order valence-corrected chi connectivity index (χ3v) is 10.00. The Morgan fingerprint density at radius 1 is 0.290 bits per heavy atom. The van der Waals surface area contributed by atoms with Gasteiger partial charge in [0, 0.05) is 0 Å². The zero-order chi connectivity index (χ0) is 58.7. The first-order valence-electron chi connectivity index (χ1n) is 31.3. The molecule has 0 saturated heterocycles. The van der Waals surface area contributed by atoms with Crippen molar-refractivity contribution in [2.45, 2.75) is 398 Å². The van der Waals surface area contributed by atoms with Gasteiger partial charge in [-0.15, -0.1) is 0 Å². The van der Waals surface area contributed by atoms with Crippen LogP contribution < -0.4 is 0 Å². The molecule has 0 atom stereocenters. The average Bonchev–Trinajstić information content (AvgIpc) is 3.21. The number of hydrogen-bond donors (Lipinski definition) is 0. The monoisotopic (exact) mass is 993 g/mol. The van der Waals surface area contributed by atoms with Crippen molar-refractivity contribution >= 4 is 0 Å². The summed E-state index contributed by atoms with van der Waals surface area (Å²) in [7, 11) is 0. The molecular formula is C69H164. The Kier molecular flexibility index (Phi) is 129. The van der Waals surface area contributed by atoms with Gasteiger partial charge >= 0.3 is 0 Å². The fraction of sp³-hybridized carbons (Fsp3) is 1.00. The molecule has 69 heavy (non-hydrogen) atoms. The maximum absolute atomic E-state index is 2.26. The summed E-state index contributed by atoms with van der Waals surface area (Å²) in [6.45, 7) is 86.4. The largest absolute Gasteiger partial charge is 0.0656 e. The van der Waals surface area contributed by atoms with Gasteiger partial charge in [-0.1, -0.05) is 398 Å². The van der Waals surface area contributed by atoms with Gasteiger partial charge in [0.25, 0.3) is 0 Å². The Bertz CT molecular complexity index is 617. The minimum absolute atomic E-state index is 0.500. The first-order chi connectivity index (χ1) is 31.3. The van der Waals surface area contributed by atoms with Crippen LogP contribution in [0.25, 0.3) is 0 Å². The molecular weight excluding hydrogens is 829 g/mol. The average molecular weight is 994 g/mol. The molecule has 0 amide bonds. The van der Waals surface area contributed by atoms with E-state index < -0.39 is 0 Å². The van der Waals surface area contributed by atoms with E-state index >= 15 is 0 Å². The normalized spacial score (nSPS) is 10.0. The third-order valence-electron chi connectivity index (χ3n) is 10.00. The van der Waals surface area contributed by atoms with Crippen LogP contribution in [0.5, 0.6) is 0 Å². The van der Waals surface area contributed by atoms with Gasteiger partial charge in [-0.05, 0) is 57.7 Å². The summed E-state index contributed by atoms with van der Waals surface area (Å²) in [6.07, 6.45) is 27.1. The van der Waals surface area contributed by atoms with Crippen LogP contribution in [0.1, 0.15) is 398 Å². The molecule has 0 heterocycles. The van der Waals surface area contributed by atoms with Crippen molar-refractivity contribution in [1.29, 1.82) is 0 Å². The second-order valence-corrected chi connectivity index (χ2v) is 26.3. The molecule has 0 N–H and O–H groups in total. The van der Waals surface area contributed by atoms with E-state index in [1.807, 2.05) is 0 Å². The van der Waals surface area contributed by atoms with E-state index in [9.17, 15) is 0 Å². The molecule has 0 aliphatic carbocycles. The van der Waals surface area contributed by atoms with Gasteiger partial charge in [-0.2, -0.15) is 0 Å². The van der Waals surface area contributed by atoms with Crippen LogP contribution in [-0.2, 0) is 0 Å². The molecule has 0 unspecified atom stereocenters. The SMILES string of the molecule is CC(C)(C)C.CC(C)C.CC(C)C(C)(C)C.CC(C)C(C)C.CCC.CCC(C)(C)C.CCC(C)C.CCC(C)C.CCCC.CCCC(C)C.CCCCC.CCCCCC.CCCCCCC. The highest BCUT2D eigenvalue weighted by atomic mass is 14.2. The van der Waals surface area contributed by atoms with Crippen LogP contribution in [0.4, 0.5) is 0 Å². The topological polar surface area (TPSA) is 0 Å². The zero-order valence-electron chi connectivity index (χ0n) is 58.7. The van der Waals surface area contributed by atoms with Gasteiger partial charge in [0.05, 0.1) is 0 Å². The van der Waals surface area contributed by atoms with Gasteiger partial charge < -0.3 is 0 Å². The van der Waals surface area contributed by atoms with Crippen LogP contribution in [0.2, 0.25) is 0 Å². The Labute approximate surface area is 454 Å². The first-order valence-corrected chi connectivity index (χ1v) is 31.3. The molecule has 0 radical (unpaired) electrons. The summed E-state index contributed by atoms with van der Waals surface area (Å²) < 4.78 is 0. The lowest BCUT2D eigenvalue weighted by Gasteiger charge is -2.22. The van der Waals surface area contributed by atoms with Crippen LogP contribution in [0.3, 0.4) is 0 Å². The van der Waals surface area contributed by atoms with Gasteiger partial charge in [-0.25, -0.2) is 0 Å². The molecule has 0 bridgehead atoms. The molecule has 0 nitrogen and oxygen atoms in total. The summed E-state index contributed by atoms with van der Waals surface area (Å²) in [5.41, 5.74) is 1.54. The Balaban J connectivity index is -0.0000000450. The van der Waals surface area contributed by atoms with Crippen molar-refractivity contribution in [3.63, 3.8) is 0 Å². The van der Waals surface area contributed by atoms with E-state index in [0.29, 0.717) is 16.2 Å². The summed E-state index contributed by atoms with van der Waals surface area (Å²) in [5.74, 6) is 6.00. The van der Waals surface area contributed by atoms with Gasteiger partial charge in [0.2, 0.25) is 0 Å². The predicted octanol–water partition coefficient (Wildman–Crippen LogP) is 28.7. The minimum Gasteiger partial charge on any atom is -0.0656 e. The van der Waals surface area contributed by atoms with Crippen molar-refractivity contribution in [3.05, 3.63) is 0 Å². The minimum atomic E-state index is 0.500. The Morgan fingerprint density at radius 3 is 0.507 bits per heavy atom. The highest BCUT2D eigenvalue weighted by Crippen LogP contribution is 2.23. The Morgan fingerprint density at radius 2 is 0.464 bits per heavy atom. The van der Waals surface area contributed by atoms with Gasteiger partial charge in [0.15, 0.2) is 0 Å². The number of rotatable bonds is 15. The summed E-state index contributed by atoms with van der Waals surface area (Å²) >= 11 is 0. The van der Waals surface area contributed by atoms with Crippen LogP contribution >= 0.6 is 0 Å². The van der Waals surface area contributed by atoms with E-state index in [1.54, 1.807) is 0 Å². The molecule has 440 valence electrons. The van der Waals surface area contributed by atoms with E-state index in [0.717, 1.165) is 41.4 Å². The second-order valence-electron chi connectivity index (χ2n) is 26.3. The lowest BCUT2D eigenvalue weighted by Crippen LogP contribution is -2.12. The Hall–Kier alpha value is 0. The summed E-state index contributed by atoms with van der Waals surface area (Å²) in [4.78, 5) is 0. The smallest absolute Gasteiger partial charge is 0.0360 e. The maximum atomic E-state index is 2.26. The van der Waals surface area contributed by atoms with Gasteiger partial charge in [0.1, 0.15) is 0 Å². The van der Waals surface area contributed by atoms with E-state index in [4.69, 9.17) is 0 Å². The molecule has 0 aromatic rings. The fourth-order valence-electron chi connectivity index (χ4n) is 2.11. The molecule has 0 rings (SSSR count).